The first kappa shape index (κ1) is 25.6. The lowest BCUT2D eigenvalue weighted by atomic mass is 9.41. The molecule has 0 aliphatic heterocycles. The zero-order valence-corrected chi connectivity index (χ0v) is 21.4. The first-order valence-corrected chi connectivity index (χ1v) is 13.4. The van der Waals surface area contributed by atoms with Crippen molar-refractivity contribution in [2.45, 2.75) is 116 Å². The number of aliphatic hydroxyl groups excluding tert-OH is 4. The van der Waals surface area contributed by atoms with Crippen molar-refractivity contribution in [2.75, 3.05) is 0 Å². The molecule has 0 aromatic heterocycles. The van der Waals surface area contributed by atoms with Crippen LogP contribution >= 0.6 is 0 Å². The van der Waals surface area contributed by atoms with Crippen molar-refractivity contribution in [3.8, 4) is 0 Å². The Morgan fingerprint density at radius 1 is 0.970 bits per heavy atom. The highest BCUT2D eigenvalue weighted by Gasteiger charge is 2.70. The fraction of sp³-hybridized carbons (Fsp3) is 0.929. The summed E-state index contributed by atoms with van der Waals surface area (Å²) in [5.74, 6) is 1.58. The van der Waals surface area contributed by atoms with Gasteiger partial charge < -0.3 is 25.5 Å². The molecular formula is C28H48O5. The Labute approximate surface area is 200 Å². The Morgan fingerprint density at radius 2 is 1.64 bits per heavy atom. The summed E-state index contributed by atoms with van der Waals surface area (Å²) in [6, 6.07) is 0. The van der Waals surface area contributed by atoms with Crippen LogP contribution in [0.15, 0.2) is 12.2 Å². The van der Waals surface area contributed by atoms with Gasteiger partial charge in [-0.05, 0) is 85.9 Å². The zero-order chi connectivity index (χ0) is 24.5. The fourth-order valence-corrected chi connectivity index (χ4v) is 9.29. The van der Waals surface area contributed by atoms with E-state index in [4.69, 9.17) is 0 Å². The molecule has 5 heteroatoms. The van der Waals surface area contributed by atoms with Gasteiger partial charge in [-0.3, -0.25) is 0 Å². The van der Waals surface area contributed by atoms with Crippen molar-refractivity contribution in [1.29, 1.82) is 0 Å². The van der Waals surface area contributed by atoms with Crippen molar-refractivity contribution < 1.29 is 25.5 Å². The van der Waals surface area contributed by atoms with Gasteiger partial charge in [0.1, 0.15) is 5.60 Å². The zero-order valence-electron chi connectivity index (χ0n) is 21.4. The van der Waals surface area contributed by atoms with E-state index in [2.05, 4.69) is 34.3 Å². The molecule has 4 fully saturated rings. The number of allylic oxidation sites excluding steroid dienone is 1. The summed E-state index contributed by atoms with van der Waals surface area (Å²) in [6.45, 7) is 15.2. The van der Waals surface area contributed by atoms with E-state index in [0.29, 0.717) is 18.3 Å². The van der Waals surface area contributed by atoms with Gasteiger partial charge in [-0.25, -0.2) is 0 Å². The SMILES string of the molecule is C=C(CC[C@@H](C)[C@H]1[C@@H](O)CC2C3C[C@@H](O)[C@@]4(O)C[C@@H](O)C[C@H](O)[C@]4(C)C3CC[C@@]21C)C(C)C. The van der Waals surface area contributed by atoms with Crippen molar-refractivity contribution in [3.05, 3.63) is 12.2 Å². The largest absolute Gasteiger partial charge is 0.393 e. The van der Waals surface area contributed by atoms with Crippen LogP contribution in [0.1, 0.15) is 86.0 Å². The normalized spacial score (nSPS) is 52.7. The number of aliphatic hydroxyl groups is 5. The van der Waals surface area contributed by atoms with Gasteiger partial charge in [0.15, 0.2) is 0 Å². The van der Waals surface area contributed by atoms with E-state index in [-0.39, 0.29) is 48.0 Å². The van der Waals surface area contributed by atoms with Crippen LogP contribution in [0.4, 0.5) is 0 Å². The fourth-order valence-electron chi connectivity index (χ4n) is 9.29. The third-order valence-electron chi connectivity index (χ3n) is 11.4. The van der Waals surface area contributed by atoms with Crippen molar-refractivity contribution in [1.82, 2.24) is 0 Å². The second-order valence-corrected chi connectivity index (χ2v) is 13.1. The van der Waals surface area contributed by atoms with E-state index in [1.807, 2.05) is 6.92 Å². The molecule has 4 rings (SSSR count). The predicted molar refractivity (Wildman–Crippen MR) is 129 cm³/mol. The molecule has 0 radical (unpaired) electrons. The maximum atomic E-state index is 11.6. The lowest BCUT2D eigenvalue weighted by Gasteiger charge is -2.66. The highest BCUT2D eigenvalue weighted by molar-refractivity contribution is 5.20. The Morgan fingerprint density at radius 3 is 2.27 bits per heavy atom. The van der Waals surface area contributed by atoms with Crippen LogP contribution in [0.2, 0.25) is 0 Å². The highest BCUT2D eigenvalue weighted by Crippen LogP contribution is 2.69. The molecule has 0 spiro atoms. The van der Waals surface area contributed by atoms with Crippen molar-refractivity contribution in [3.63, 3.8) is 0 Å². The average molecular weight is 465 g/mol. The summed E-state index contributed by atoms with van der Waals surface area (Å²) in [4.78, 5) is 0. The molecule has 4 saturated carbocycles. The maximum absolute atomic E-state index is 11.6. The number of hydrogen-bond donors (Lipinski definition) is 5. The molecule has 0 saturated heterocycles. The standard InChI is InChI=1S/C28H48O5/c1-15(2)16(3)7-8-17(4)25-22(30)13-21-19-12-24(32)28(33)14-18(29)11-23(31)27(28,6)20(19)9-10-26(21,25)5/h15,17-25,29-33H,3,7-14H2,1-2,4-6H3/t17-,18+,19?,20?,21?,22+,23+,24-,25+,26+,27+,28+/m1/s1. The molecule has 4 aliphatic rings. The minimum Gasteiger partial charge on any atom is -0.393 e. The number of fused-ring (bicyclic) bond motifs is 5. The molecule has 0 aromatic carbocycles. The summed E-state index contributed by atoms with van der Waals surface area (Å²) in [5, 5.41) is 55.6. The molecule has 0 heterocycles. The Hall–Kier alpha value is -0.460. The van der Waals surface area contributed by atoms with Crippen LogP contribution in [-0.2, 0) is 0 Å². The second kappa shape index (κ2) is 8.58. The molecular weight excluding hydrogens is 416 g/mol. The predicted octanol–water partition coefficient (Wildman–Crippen LogP) is 3.66. The lowest BCUT2D eigenvalue weighted by molar-refractivity contribution is -0.294. The number of rotatable bonds is 5. The van der Waals surface area contributed by atoms with Crippen LogP contribution in [0, 0.1) is 46.3 Å². The van der Waals surface area contributed by atoms with Crippen LogP contribution in [0.25, 0.3) is 0 Å². The van der Waals surface area contributed by atoms with Gasteiger partial charge in [-0.2, -0.15) is 0 Å². The summed E-state index contributed by atoms with van der Waals surface area (Å²) < 4.78 is 0. The van der Waals surface area contributed by atoms with Gasteiger partial charge >= 0.3 is 0 Å². The van der Waals surface area contributed by atoms with Crippen molar-refractivity contribution in [2.24, 2.45) is 46.3 Å². The van der Waals surface area contributed by atoms with E-state index in [0.717, 1.165) is 32.1 Å². The molecule has 3 unspecified atom stereocenters. The summed E-state index contributed by atoms with van der Waals surface area (Å²) in [5.41, 5.74) is -1.06. The molecule has 12 atom stereocenters. The lowest BCUT2D eigenvalue weighted by Crippen LogP contribution is -2.72. The smallest absolute Gasteiger partial charge is 0.101 e. The summed E-state index contributed by atoms with van der Waals surface area (Å²) >= 11 is 0. The van der Waals surface area contributed by atoms with Crippen LogP contribution in [0.5, 0.6) is 0 Å². The van der Waals surface area contributed by atoms with E-state index < -0.39 is 29.3 Å². The number of hydrogen-bond acceptors (Lipinski definition) is 5. The Bertz CT molecular complexity index is 753. The van der Waals surface area contributed by atoms with E-state index >= 15 is 0 Å². The molecule has 190 valence electrons. The topological polar surface area (TPSA) is 101 Å². The molecule has 0 bridgehead atoms. The van der Waals surface area contributed by atoms with E-state index in [9.17, 15) is 25.5 Å². The molecule has 4 aliphatic carbocycles. The maximum Gasteiger partial charge on any atom is 0.101 e. The third kappa shape index (κ3) is 3.67. The Balaban J connectivity index is 1.60. The molecule has 5 nitrogen and oxygen atoms in total. The minimum atomic E-state index is -1.47. The highest BCUT2D eigenvalue weighted by atomic mass is 16.4. The van der Waals surface area contributed by atoms with Crippen LogP contribution in [-0.4, -0.2) is 55.5 Å². The average Bonchev–Trinajstić information content (AvgIpc) is 2.99. The van der Waals surface area contributed by atoms with E-state index in [1.165, 1.54) is 5.57 Å². The summed E-state index contributed by atoms with van der Waals surface area (Å²) in [6.07, 6.45) is 2.48. The van der Waals surface area contributed by atoms with Crippen LogP contribution in [0.3, 0.4) is 0 Å². The first-order valence-electron chi connectivity index (χ1n) is 13.4. The molecule has 5 N–H and O–H groups in total. The van der Waals surface area contributed by atoms with E-state index in [1.54, 1.807) is 0 Å². The molecule has 0 aromatic rings. The third-order valence-corrected chi connectivity index (χ3v) is 11.4. The summed E-state index contributed by atoms with van der Waals surface area (Å²) in [7, 11) is 0. The minimum absolute atomic E-state index is 0.0101. The van der Waals surface area contributed by atoms with Crippen molar-refractivity contribution >= 4 is 0 Å². The van der Waals surface area contributed by atoms with Gasteiger partial charge in [0.25, 0.3) is 0 Å². The molecule has 0 amide bonds. The Kier molecular flexibility index (Phi) is 6.67. The quantitative estimate of drug-likeness (QED) is 0.400. The van der Waals surface area contributed by atoms with Gasteiger partial charge in [0.2, 0.25) is 0 Å². The monoisotopic (exact) mass is 464 g/mol. The first-order chi connectivity index (χ1) is 15.3. The van der Waals surface area contributed by atoms with Gasteiger partial charge in [-0.1, -0.05) is 46.8 Å². The second-order valence-electron chi connectivity index (χ2n) is 13.1. The van der Waals surface area contributed by atoms with Gasteiger partial charge in [0.05, 0.1) is 24.4 Å². The van der Waals surface area contributed by atoms with Crippen LogP contribution < -0.4 is 0 Å². The van der Waals surface area contributed by atoms with Gasteiger partial charge in [-0.15, -0.1) is 0 Å². The van der Waals surface area contributed by atoms with Gasteiger partial charge in [0, 0.05) is 11.8 Å². The molecule has 33 heavy (non-hydrogen) atoms.